The quantitative estimate of drug-likeness (QED) is 0.634. The molecule has 1 fully saturated rings. The van der Waals surface area contributed by atoms with Crippen LogP contribution < -0.4 is 10.2 Å². The maximum Gasteiger partial charge on any atom is 0.416 e. The average molecular weight is 458 g/mol. The molecule has 0 spiro atoms. The van der Waals surface area contributed by atoms with Crippen LogP contribution in [0, 0.1) is 13.8 Å². The van der Waals surface area contributed by atoms with Crippen molar-refractivity contribution >= 4 is 28.3 Å². The molecule has 174 valence electrons. The molecule has 10 heteroatoms. The highest BCUT2D eigenvalue weighted by Gasteiger charge is 2.33. The van der Waals surface area contributed by atoms with Gasteiger partial charge in [-0.2, -0.15) is 18.3 Å². The molecule has 0 unspecified atom stereocenters. The summed E-state index contributed by atoms with van der Waals surface area (Å²) in [5, 5.41) is 12.4. The number of hydrogen-bond acceptors (Lipinski definition) is 6. The molecule has 3 heterocycles. The second-order valence-corrected chi connectivity index (χ2v) is 8.34. The first kappa shape index (κ1) is 22.8. The van der Waals surface area contributed by atoms with E-state index in [1.807, 2.05) is 11.0 Å². The first-order valence-electron chi connectivity index (χ1n) is 10.6. The number of aromatic nitrogens is 3. The molecule has 33 heavy (non-hydrogen) atoms. The van der Waals surface area contributed by atoms with Crippen molar-refractivity contribution in [3.8, 4) is 0 Å². The van der Waals surface area contributed by atoms with Gasteiger partial charge in [0.05, 0.1) is 41.2 Å². The van der Waals surface area contributed by atoms with Crippen LogP contribution >= 0.6 is 0 Å². The zero-order chi connectivity index (χ0) is 23.9. The molecule has 7 nitrogen and oxygen atoms in total. The van der Waals surface area contributed by atoms with Gasteiger partial charge in [-0.3, -0.25) is 9.78 Å². The number of piperazine rings is 1. The number of fused-ring (bicyclic) bond motifs is 1. The molecule has 0 saturated carbocycles. The smallest absolute Gasteiger partial charge is 0.361 e. The average Bonchev–Trinajstić information content (AvgIpc) is 2.76. The molecule has 1 aromatic carbocycles. The van der Waals surface area contributed by atoms with Crippen LogP contribution in [0.5, 0.6) is 0 Å². The second kappa shape index (κ2) is 8.49. The standard InChI is InChI=1S/C23H25F3N6O/c1-13-17(6-5-7-19(13)23(24,25)26)14(2)28-22-18-10-16(11-27-21(18)15(3)29-30-22)32-9-8-31(4)20(33)12-32/h5-7,10-11,14H,8-9,12H2,1-4H3,(H,28,30)/t14-/m1/s1. The predicted octanol–water partition coefficient (Wildman–Crippen LogP) is 4.11. The molecular weight excluding hydrogens is 433 g/mol. The summed E-state index contributed by atoms with van der Waals surface area (Å²) >= 11 is 0. The van der Waals surface area contributed by atoms with Crippen molar-refractivity contribution in [3.63, 3.8) is 0 Å². The molecule has 4 rings (SSSR count). The van der Waals surface area contributed by atoms with E-state index in [9.17, 15) is 18.0 Å². The Balaban J connectivity index is 1.70. The van der Waals surface area contributed by atoms with Crippen LogP contribution in [0.2, 0.25) is 0 Å². The summed E-state index contributed by atoms with van der Waals surface area (Å²) in [6, 6.07) is 5.61. The van der Waals surface area contributed by atoms with Crippen LogP contribution in [0.1, 0.15) is 35.3 Å². The summed E-state index contributed by atoms with van der Waals surface area (Å²) in [6.07, 6.45) is -2.71. The van der Waals surface area contributed by atoms with E-state index in [2.05, 4.69) is 20.5 Å². The van der Waals surface area contributed by atoms with Gasteiger partial charge in [0.1, 0.15) is 0 Å². The molecule has 1 saturated heterocycles. The van der Waals surface area contributed by atoms with Crippen molar-refractivity contribution < 1.29 is 18.0 Å². The Bertz CT molecular complexity index is 1210. The summed E-state index contributed by atoms with van der Waals surface area (Å²) in [6.45, 7) is 6.60. The first-order chi connectivity index (χ1) is 15.6. The highest BCUT2D eigenvalue weighted by Crippen LogP contribution is 2.36. The van der Waals surface area contributed by atoms with Gasteiger partial charge >= 0.3 is 6.18 Å². The number of carbonyl (C=O) groups excluding carboxylic acids is 1. The number of hydrogen-bond donors (Lipinski definition) is 1. The largest absolute Gasteiger partial charge is 0.416 e. The Morgan fingerprint density at radius 2 is 1.91 bits per heavy atom. The van der Waals surface area contributed by atoms with E-state index in [-0.39, 0.29) is 18.0 Å². The summed E-state index contributed by atoms with van der Waals surface area (Å²) in [5.41, 5.74) is 2.10. The lowest BCUT2D eigenvalue weighted by molar-refractivity contribution is -0.138. The molecule has 1 aliphatic heterocycles. The van der Waals surface area contributed by atoms with Gasteiger partial charge in [-0.05, 0) is 44.0 Å². The fourth-order valence-corrected chi connectivity index (χ4v) is 4.12. The number of anilines is 2. The molecule has 1 aliphatic rings. The number of carbonyl (C=O) groups is 1. The molecule has 3 aromatic rings. The van der Waals surface area contributed by atoms with E-state index in [4.69, 9.17) is 0 Å². The number of amides is 1. The predicted molar refractivity (Wildman–Crippen MR) is 120 cm³/mol. The summed E-state index contributed by atoms with van der Waals surface area (Å²) in [4.78, 5) is 20.3. The second-order valence-electron chi connectivity index (χ2n) is 8.34. The molecule has 0 radical (unpaired) electrons. The van der Waals surface area contributed by atoms with Gasteiger partial charge in [-0.25, -0.2) is 0 Å². The van der Waals surface area contributed by atoms with Crippen molar-refractivity contribution in [1.82, 2.24) is 20.1 Å². The molecule has 1 N–H and O–H groups in total. The molecule has 1 amide bonds. The number of pyridine rings is 1. The third-order valence-corrected chi connectivity index (χ3v) is 6.09. The lowest BCUT2D eigenvalue weighted by Gasteiger charge is -2.33. The lowest BCUT2D eigenvalue weighted by atomic mass is 9.97. The Labute approximate surface area is 189 Å². The third kappa shape index (κ3) is 4.42. The highest BCUT2D eigenvalue weighted by atomic mass is 19.4. The minimum atomic E-state index is -4.42. The van der Waals surface area contributed by atoms with E-state index >= 15 is 0 Å². The number of nitrogens with zero attached hydrogens (tertiary/aromatic N) is 5. The van der Waals surface area contributed by atoms with Crippen LogP contribution in [-0.4, -0.2) is 52.7 Å². The molecule has 0 aliphatic carbocycles. The summed E-state index contributed by atoms with van der Waals surface area (Å²) in [7, 11) is 1.77. The lowest BCUT2D eigenvalue weighted by Crippen LogP contribution is -2.48. The van der Waals surface area contributed by atoms with Crippen LogP contribution in [-0.2, 0) is 11.0 Å². The van der Waals surface area contributed by atoms with E-state index < -0.39 is 17.8 Å². The number of halogens is 3. The first-order valence-corrected chi connectivity index (χ1v) is 10.6. The van der Waals surface area contributed by atoms with Gasteiger partial charge < -0.3 is 15.1 Å². The van der Waals surface area contributed by atoms with E-state index in [0.29, 0.717) is 41.1 Å². The van der Waals surface area contributed by atoms with Gasteiger partial charge in [0, 0.05) is 25.5 Å². The Kier molecular flexibility index (Phi) is 5.85. The van der Waals surface area contributed by atoms with Crippen LogP contribution in [0.3, 0.4) is 0 Å². The van der Waals surface area contributed by atoms with Gasteiger partial charge in [0.2, 0.25) is 5.91 Å². The van der Waals surface area contributed by atoms with Crippen LogP contribution in [0.25, 0.3) is 10.9 Å². The molecule has 1 atom stereocenters. The fraction of sp³-hybridized carbons (Fsp3) is 0.391. The maximum absolute atomic E-state index is 13.4. The van der Waals surface area contributed by atoms with Gasteiger partial charge in [-0.15, -0.1) is 5.10 Å². The fourth-order valence-electron chi connectivity index (χ4n) is 4.12. The summed E-state index contributed by atoms with van der Waals surface area (Å²) < 4.78 is 40.1. The number of likely N-dealkylation sites (N-methyl/N-ethyl adjacent to an activating group) is 1. The maximum atomic E-state index is 13.4. The number of rotatable bonds is 4. The monoisotopic (exact) mass is 458 g/mol. The zero-order valence-corrected chi connectivity index (χ0v) is 18.9. The van der Waals surface area contributed by atoms with Gasteiger partial charge in [0.25, 0.3) is 0 Å². The Morgan fingerprint density at radius 3 is 2.61 bits per heavy atom. The minimum absolute atomic E-state index is 0.0253. The van der Waals surface area contributed by atoms with E-state index in [1.165, 1.54) is 13.0 Å². The number of aryl methyl sites for hydroxylation is 1. The highest BCUT2D eigenvalue weighted by molar-refractivity contribution is 5.93. The van der Waals surface area contributed by atoms with Crippen molar-refractivity contribution in [2.24, 2.45) is 0 Å². The van der Waals surface area contributed by atoms with Gasteiger partial charge in [-0.1, -0.05) is 12.1 Å². The summed E-state index contributed by atoms with van der Waals surface area (Å²) in [5.74, 6) is 0.451. The zero-order valence-electron chi connectivity index (χ0n) is 18.9. The Morgan fingerprint density at radius 1 is 1.15 bits per heavy atom. The normalized spacial score (nSPS) is 15.8. The molecular formula is C23H25F3N6O. The van der Waals surface area contributed by atoms with Crippen molar-refractivity contribution in [2.75, 3.05) is 36.9 Å². The SMILES string of the molecule is Cc1c([C@@H](C)Nc2nnc(C)c3ncc(N4CCN(C)C(=O)C4)cc23)cccc1C(F)(F)F. The Hall–Kier alpha value is -3.43. The van der Waals surface area contributed by atoms with Crippen molar-refractivity contribution in [3.05, 3.63) is 52.8 Å². The molecule has 2 aromatic heterocycles. The van der Waals surface area contributed by atoms with E-state index in [1.54, 1.807) is 38.1 Å². The topological polar surface area (TPSA) is 74.2 Å². The number of benzene rings is 1. The third-order valence-electron chi connectivity index (χ3n) is 6.09. The van der Waals surface area contributed by atoms with Crippen molar-refractivity contribution in [1.29, 1.82) is 0 Å². The van der Waals surface area contributed by atoms with E-state index in [0.717, 1.165) is 11.8 Å². The number of alkyl halides is 3. The van der Waals surface area contributed by atoms with Crippen LogP contribution in [0.4, 0.5) is 24.7 Å². The van der Waals surface area contributed by atoms with Crippen molar-refractivity contribution in [2.45, 2.75) is 33.0 Å². The number of nitrogens with one attached hydrogen (secondary N) is 1. The van der Waals surface area contributed by atoms with Crippen LogP contribution in [0.15, 0.2) is 30.5 Å². The van der Waals surface area contributed by atoms with Gasteiger partial charge in [0.15, 0.2) is 5.82 Å². The molecule has 0 bridgehead atoms. The minimum Gasteiger partial charge on any atom is -0.361 e.